The molecule has 0 bridgehead atoms. The molecule has 7 heteroatoms. The summed E-state index contributed by atoms with van der Waals surface area (Å²) in [5, 5.41) is 1.10. The first-order valence-electron chi connectivity index (χ1n) is 9.68. The van der Waals surface area contributed by atoms with Gasteiger partial charge in [-0.15, -0.1) is 0 Å². The van der Waals surface area contributed by atoms with Gasteiger partial charge in [-0.25, -0.2) is 4.98 Å². The number of aromatic nitrogens is 1. The number of fused-ring (bicyclic) bond motifs is 2. The Balaban J connectivity index is 1.22. The Bertz CT molecular complexity index is 982. The van der Waals surface area contributed by atoms with Crippen molar-refractivity contribution in [3.63, 3.8) is 0 Å². The van der Waals surface area contributed by atoms with E-state index >= 15 is 0 Å². The van der Waals surface area contributed by atoms with Crippen LogP contribution >= 0.6 is 11.3 Å². The highest BCUT2D eigenvalue weighted by Gasteiger charge is 2.21. The van der Waals surface area contributed by atoms with E-state index in [4.69, 9.17) is 19.2 Å². The van der Waals surface area contributed by atoms with Gasteiger partial charge in [-0.05, 0) is 42.8 Å². The Morgan fingerprint density at radius 1 is 1.04 bits per heavy atom. The minimum atomic E-state index is 0.325. The molecule has 2 aliphatic heterocycles. The maximum absolute atomic E-state index is 5.61. The lowest BCUT2D eigenvalue weighted by Gasteiger charge is -2.34. The predicted octanol–water partition coefficient (Wildman–Crippen LogP) is 3.75. The number of rotatable bonds is 5. The molecule has 3 heterocycles. The van der Waals surface area contributed by atoms with E-state index in [9.17, 15) is 0 Å². The van der Waals surface area contributed by atoms with Crippen LogP contribution in [0.5, 0.6) is 17.2 Å². The van der Waals surface area contributed by atoms with Crippen molar-refractivity contribution >= 4 is 26.7 Å². The fraction of sp³-hybridized carbons (Fsp3) is 0.381. The molecule has 3 aromatic rings. The molecule has 0 unspecified atom stereocenters. The fourth-order valence-corrected chi connectivity index (χ4v) is 4.72. The first-order valence-corrected chi connectivity index (χ1v) is 10.5. The molecular weight excluding hydrogens is 374 g/mol. The zero-order valence-corrected chi connectivity index (χ0v) is 16.7. The molecule has 1 fully saturated rings. The maximum atomic E-state index is 5.61. The summed E-state index contributed by atoms with van der Waals surface area (Å²) in [6, 6.07) is 12.4. The van der Waals surface area contributed by atoms with Gasteiger partial charge in [0.1, 0.15) is 5.75 Å². The van der Waals surface area contributed by atoms with Gasteiger partial charge in [0.25, 0.3) is 0 Å². The molecule has 0 saturated carbocycles. The summed E-state index contributed by atoms with van der Waals surface area (Å²) in [5.41, 5.74) is 2.31. The quantitative estimate of drug-likeness (QED) is 0.654. The molecule has 0 N–H and O–H groups in total. The number of hydrogen-bond acceptors (Lipinski definition) is 7. The normalized spacial score (nSPS) is 16.7. The summed E-state index contributed by atoms with van der Waals surface area (Å²) in [5.74, 6) is 2.62. The van der Waals surface area contributed by atoms with Crippen LogP contribution in [0.15, 0.2) is 36.4 Å². The second-order valence-electron chi connectivity index (χ2n) is 7.01. The molecule has 6 nitrogen and oxygen atoms in total. The van der Waals surface area contributed by atoms with E-state index < -0.39 is 0 Å². The molecule has 1 aromatic heterocycles. The standard InChI is InChI=1S/C21H23N3O3S/c1-2-25-16-4-5-17-20(12-16)28-21(22-17)24-9-7-23(8-10-24)13-15-3-6-18-19(11-15)27-14-26-18/h3-6,11-12H,2,7-10,13-14H2,1H3. The molecule has 2 aliphatic rings. The van der Waals surface area contributed by atoms with Crippen LogP contribution in [0.3, 0.4) is 0 Å². The van der Waals surface area contributed by atoms with E-state index in [-0.39, 0.29) is 0 Å². The van der Waals surface area contributed by atoms with Crippen LogP contribution in [0, 0.1) is 0 Å². The number of ether oxygens (including phenoxy) is 3. The third-order valence-electron chi connectivity index (χ3n) is 5.15. The Labute approximate surface area is 168 Å². The lowest BCUT2D eigenvalue weighted by molar-refractivity contribution is 0.174. The van der Waals surface area contributed by atoms with Crippen molar-refractivity contribution < 1.29 is 14.2 Å². The van der Waals surface area contributed by atoms with Crippen molar-refractivity contribution in [2.45, 2.75) is 13.5 Å². The Morgan fingerprint density at radius 3 is 2.75 bits per heavy atom. The zero-order chi connectivity index (χ0) is 18.9. The van der Waals surface area contributed by atoms with Crippen molar-refractivity contribution in [3.8, 4) is 17.2 Å². The predicted molar refractivity (Wildman–Crippen MR) is 111 cm³/mol. The molecule has 0 aliphatic carbocycles. The van der Waals surface area contributed by atoms with E-state index in [0.717, 1.165) is 60.6 Å². The molecule has 28 heavy (non-hydrogen) atoms. The van der Waals surface area contributed by atoms with Gasteiger partial charge in [0.05, 0.1) is 16.8 Å². The van der Waals surface area contributed by atoms with Crippen LogP contribution in [0.25, 0.3) is 10.2 Å². The Kier molecular flexibility index (Phi) is 4.70. The number of nitrogens with zero attached hydrogens (tertiary/aromatic N) is 3. The molecular formula is C21H23N3O3S. The highest BCUT2D eigenvalue weighted by molar-refractivity contribution is 7.22. The summed E-state index contributed by atoms with van der Waals surface area (Å²) in [7, 11) is 0. The third-order valence-corrected chi connectivity index (χ3v) is 6.22. The smallest absolute Gasteiger partial charge is 0.231 e. The van der Waals surface area contributed by atoms with Gasteiger partial charge in [-0.1, -0.05) is 17.4 Å². The Hall–Kier alpha value is -2.51. The SMILES string of the molecule is CCOc1ccc2nc(N3CCN(Cc4ccc5c(c4)OCO5)CC3)sc2c1. The minimum Gasteiger partial charge on any atom is -0.494 e. The molecule has 146 valence electrons. The summed E-state index contributed by atoms with van der Waals surface area (Å²) in [6.07, 6.45) is 0. The lowest BCUT2D eigenvalue weighted by atomic mass is 10.1. The zero-order valence-electron chi connectivity index (χ0n) is 15.9. The molecule has 0 atom stereocenters. The monoisotopic (exact) mass is 397 g/mol. The third kappa shape index (κ3) is 3.47. The van der Waals surface area contributed by atoms with Crippen LogP contribution in [-0.2, 0) is 6.54 Å². The maximum Gasteiger partial charge on any atom is 0.231 e. The van der Waals surface area contributed by atoms with Gasteiger partial charge in [0.2, 0.25) is 6.79 Å². The topological polar surface area (TPSA) is 47.1 Å². The second kappa shape index (κ2) is 7.48. The van der Waals surface area contributed by atoms with Crippen LogP contribution in [0.1, 0.15) is 12.5 Å². The highest BCUT2D eigenvalue weighted by atomic mass is 32.1. The van der Waals surface area contributed by atoms with E-state index in [1.807, 2.05) is 19.1 Å². The van der Waals surface area contributed by atoms with Crippen molar-refractivity contribution in [1.82, 2.24) is 9.88 Å². The van der Waals surface area contributed by atoms with Crippen LogP contribution in [0.4, 0.5) is 5.13 Å². The minimum absolute atomic E-state index is 0.325. The lowest BCUT2D eigenvalue weighted by Crippen LogP contribution is -2.45. The van der Waals surface area contributed by atoms with Crippen molar-refractivity contribution in [1.29, 1.82) is 0 Å². The van der Waals surface area contributed by atoms with Crippen molar-refractivity contribution in [2.75, 3.05) is 44.5 Å². The van der Waals surface area contributed by atoms with Gasteiger partial charge in [0, 0.05) is 32.7 Å². The number of anilines is 1. The first kappa shape index (κ1) is 17.6. The summed E-state index contributed by atoms with van der Waals surface area (Å²) in [4.78, 5) is 9.70. The first-order chi connectivity index (χ1) is 13.8. The van der Waals surface area contributed by atoms with Crippen LogP contribution in [0.2, 0.25) is 0 Å². The molecule has 0 radical (unpaired) electrons. The Morgan fingerprint density at radius 2 is 1.89 bits per heavy atom. The van der Waals surface area contributed by atoms with E-state index in [1.165, 1.54) is 10.3 Å². The largest absolute Gasteiger partial charge is 0.494 e. The fourth-order valence-electron chi connectivity index (χ4n) is 3.68. The molecule has 2 aromatic carbocycles. The number of thiazole rings is 1. The van der Waals surface area contributed by atoms with Crippen molar-refractivity contribution in [2.24, 2.45) is 0 Å². The summed E-state index contributed by atoms with van der Waals surface area (Å²) in [6.45, 7) is 7.97. The van der Waals surface area contributed by atoms with E-state index in [0.29, 0.717) is 13.4 Å². The van der Waals surface area contributed by atoms with Crippen molar-refractivity contribution in [3.05, 3.63) is 42.0 Å². The average molecular weight is 398 g/mol. The van der Waals surface area contributed by atoms with E-state index in [2.05, 4.69) is 34.1 Å². The van der Waals surface area contributed by atoms with Crippen LogP contribution in [-0.4, -0.2) is 49.5 Å². The van der Waals surface area contributed by atoms with Gasteiger partial charge in [-0.3, -0.25) is 4.90 Å². The van der Waals surface area contributed by atoms with Gasteiger partial charge < -0.3 is 19.1 Å². The number of piperazine rings is 1. The second-order valence-corrected chi connectivity index (χ2v) is 8.02. The summed E-state index contributed by atoms with van der Waals surface area (Å²) < 4.78 is 17.7. The van der Waals surface area contributed by atoms with E-state index in [1.54, 1.807) is 11.3 Å². The summed E-state index contributed by atoms with van der Waals surface area (Å²) >= 11 is 1.75. The average Bonchev–Trinajstić information content (AvgIpc) is 3.35. The molecule has 0 spiro atoms. The van der Waals surface area contributed by atoms with Crippen LogP contribution < -0.4 is 19.1 Å². The van der Waals surface area contributed by atoms with Gasteiger partial charge >= 0.3 is 0 Å². The molecule has 0 amide bonds. The molecule has 1 saturated heterocycles. The highest BCUT2D eigenvalue weighted by Crippen LogP contribution is 2.34. The number of benzene rings is 2. The van der Waals surface area contributed by atoms with Gasteiger partial charge in [-0.2, -0.15) is 0 Å². The number of hydrogen-bond donors (Lipinski definition) is 0. The molecule has 5 rings (SSSR count). The van der Waals surface area contributed by atoms with Gasteiger partial charge in [0.15, 0.2) is 16.6 Å².